The number of methoxy groups -OCH3 is 1. The van der Waals surface area contributed by atoms with E-state index in [0.717, 1.165) is 6.42 Å². The summed E-state index contributed by atoms with van der Waals surface area (Å²) in [5, 5.41) is 7.58. The Morgan fingerprint density at radius 1 is 1.20 bits per heavy atom. The molecule has 1 aliphatic rings. The molecule has 1 amide bonds. The SMILES string of the molecule is COc1cccc(F)c1-c1cccc(C(=O)Nc2cc(F)c3c(cnn3C)c2N2CC[C@H](N)C2)n1. The Morgan fingerprint density at radius 3 is 2.74 bits per heavy atom. The molecule has 35 heavy (non-hydrogen) atoms. The first-order chi connectivity index (χ1) is 16.9. The number of hydrogen-bond acceptors (Lipinski definition) is 6. The summed E-state index contributed by atoms with van der Waals surface area (Å²) >= 11 is 0. The van der Waals surface area contributed by atoms with Gasteiger partial charge in [0.05, 0.1) is 35.9 Å². The van der Waals surface area contributed by atoms with Crippen LogP contribution in [0, 0.1) is 11.6 Å². The van der Waals surface area contributed by atoms with E-state index in [9.17, 15) is 9.18 Å². The first-order valence-corrected chi connectivity index (χ1v) is 11.1. The molecule has 0 unspecified atom stereocenters. The Labute approximate surface area is 200 Å². The van der Waals surface area contributed by atoms with Gasteiger partial charge in [0.2, 0.25) is 0 Å². The van der Waals surface area contributed by atoms with Gasteiger partial charge in [0.15, 0.2) is 5.82 Å². The lowest BCUT2D eigenvalue weighted by atomic mass is 10.1. The summed E-state index contributed by atoms with van der Waals surface area (Å²) in [6.07, 6.45) is 2.36. The number of anilines is 2. The second-order valence-corrected chi connectivity index (χ2v) is 8.46. The Bertz CT molecular complexity index is 1440. The Balaban J connectivity index is 1.54. The largest absolute Gasteiger partial charge is 0.496 e. The number of halogens is 2. The first kappa shape index (κ1) is 22.7. The summed E-state index contributed by atoms with van der Waals surface area (Å²) in [6.45, 7) is 1.24. The van der Waals surface area contributed by atoms with Crippen molar-refractivity contribution in [3.63, 3.8) is 0 Å². The van der Waals surface area contributed by atoms with Gasteiger partial charge in [-0.1, -0.05) is 12.1 Å². The van der Waals surface area contributed by atoms with E-state index in [1.165, 1.54) is 36.1 Å². The summed E-state index contributed by atoms with van der Waals surface area (Å²) in [6, 6.07) is 10.4. The van der Waals surface area contributed by atoms with Gasteiger partial charge in [-0.25, -0.2) is 13.8 Å². The van der Waals surface area contributed by atoms with E-state index in [1.807, 2.05) is 4.90 Å². The zero-order valence-electron chi connectivity index (χ0n) is 19.3. The van der Waals surface area contributed by atoms with Crippen molar-refractivity contribution in [3.05, 3.63) is 66.0 Å². The third kappa shape index (κ3) is 4.06. The molecule has 0 aliphatic carbocycles. The molecular weight excluding hydrogens is 454 g/mol. The number of rotatable bonds is 5. The highest BCUT2D eigenvalue weighted by Crippen LogP contribution is 2.38. The molecule has 1 atom stereocenters. The predicted octanol–water partition coefficient (Wildman–Crippen LogP) is 3.71. The van der Waals surface area contributed by atoms with Crippen LogP contribution in [0.5, 0.6) is 5.75 Å². The normalized spacial score (nSPS) is 15.6. The quantitative estimate of drug-likeness (QED) is 0.454. The van der Waals surface area contributed by atoms with Crippen LogP contribution in [0.15, 0.2) is 48.7 Å². The van der Waals surface area contributed by atoms with Gasteiger partial charge < -0.3 is 20.7 Å². The number of carbonyl (C=O) groups excluding carboxylic acids is 1. The van der Waals surface area contributed by atoms with E-state index < -0.39 is 17.5 Å². The zero-order chi connectivity index (χ0) is 24.7. The second kappa shape index (κ2) is 8.95. The molecule has 2 aromatic heterocycles. The lowest BCUT2D eigenvalue weighted by molar-refractivity contribution is 0.102. The highest BCUT2D eigenvalue weighted by Gasteiger charge is 2.27. The van der Waals surface area contributed by atoms with E-state index in [4.69, 9.17) is 10.5 Å². The number of ether oxygens (including phenoxy) is 1. The number of carbonyl (C=O) groups is 1. The molecule has 0 spiro atoms. The molecule has 0 bridgehead atoms. The zero-order valence-corrected chi connectivity index (χ0v) is 19.3. The molecule has 2 aromatic carbocycles. The fourth-order valence-electron chi connectivity index (χ4n) is 4.54. The molecule has 8 nitrogen and oxygen atoms in total. The molecule has 1 saturated heterocycles. The first-order valence-electron chi connectivity index (χ1n) is 11.1. The number of aromatic nitrogens is 3. The summed E-state index contributed by atoms with van der Waals surface area (Å²) in [4.78, 5) is 19.6. The average molecular weight is 479 g/mol. The van der Waals surface area contributed by atoms with Crippen LogP contribution in [0.25, 0.3) is 22.2 Å². The van der Waals surface area contributed by atoms with Crippen LogP contribution in [-0.2, 0) is 7.05 Å². The van der Waals surface area contributed by atoms with Crippen LogP contribution in [0.2, 0.25) is 0 Å². The van der Waals surface area contributed by atoms with Crippen LogP contribution in [0.4, 0.5) is 20.2 Å². The molecule has 4 aromatic rings. The fourth-order valence-corrected chi connectivity index (χ4v) is 4.54. The number of nitrogens with zero attached hydrogens (tertiary/aromatic N) is 4. The van der Waals surface area contributed by atoms with Crippen molar-refractivity contribution in [2.75, 3.05) is 30.4 Å². The lowest BCUT2D eigenvalue weighted by Gasteiger charge is -2.23. The highest BCUT2D eigenvalue weighted by atomic mass is 19.1. The molecule has 0 saturated carbocycles. The van der Waals surface area contributed by atoms with Crippen LogP contribution in [0.1, 0.15) is 16.9 Å². The summed E-state index contributed by atoms with van der Waals surface area (Å²) in [7, 11) is 3.10. The van der Waals surface area contributed by atoms with E-state index in [2.05, 4.69) is 15.4 Å². The maximum Gasteiger partial charge on any atom is 0.274 e. The van der Waals surface area contributed by atoms with E-state index in [1.54, 1.807) is 31.4 Å². The standard InChI is InChI=1S/C25H24F2N6O2/c1-32-23-15(12-29-32)24(33-10-9-14(28)13-33)20(11-17(23)27)31-25(34)19-7-4-6-18(30-19)22-16(26)5-3-8-21(22)35-2/h3-8,11-12,14H,9-10,13,28H2,1-2H3,(H,31,34)/t14-/m0/s1. The second-order valence-electron chi connectivity index (χ2n) is 8.46. The van der Waals surface area contributed by atoms with Gasteiger partial charge >= 0.3 is 0 Å². The number of nitrogens with one attached hydrogen (secondary N) is 1. The van der Waals surface area contributed by atoms with Crippen LogP contribution in [0.3, 0.4) is 0 Å². The third-order valence-corrected chi connectivity index (χ3v) is 6.17. The van der Waals surface area contributed by atoms with E-state index in [-0.39, 0.29) is 28.7 Å². The van der Waals surface area contributed by atoms with Crippen molar-refractivity contribution in [2.24, 2.45) is 12.8 Å². The molecule has 3 heterocycles. The van der Waals surface area contributed by atoms with Crippen molar-refractivity contribution in [1.82, 2.24) is 14.8 Å². The van der Waals surface area contributed by atoms with Crippen LogP contribution >= 0.6 is 0 Å². The number of benzene rings is 2. The average Bonchev–Trinajstić information content (AvgIpc) is 3.45. The highest BCUT2D eigenvalue weighted by molar-refractivity contribution is 6.09. The number of hydrogen-bond donors (Lipinski definition) is 2. The smallest absolute Gasteiger partial charge is 0.274 e. The lowest BCUT2D eigenvalue weighted by Crippen LogP contribution is -2.27. The molecule has 180 valence electrons. The number of pyridine rings is 1. The monoisotopic (exact) mass is 478 g/mol. The molecule has 0 radical (unpaired) electrons. The van der Waals surface area contributed by atoms with Gasteiger partial charge in [0.25, 0.3) is 5.91 Å². The predicted molar refractivity (Wildman–Crippen MR) is 130 cm³/mol. The Morgan fingerprint density at radius 2 is 2.00 bits per heavy atom. The number of nitrogens with two attached hydrogens (primary N) is 1. The van der Waals surface area contributed by atoms with Crippen LogP contribution in [-0.4, -0.2) is 46.9 Å². The number of amides is 1. The van der Waals surface area contributed by atoms with Gasteiger partial charge in [-0.15, -0.1) is 0 Å². The van der Waals surface area contributed by atoms with Gasteiger partial charge in [-0.3, -0.25) is 9.48 Å². The Hall–Kier alpha value is -4.05. The summed E-state index contributed by atoms with van der Waals surface area (Å²) in [5.41, 5.74) is 7.84. The van der Waals surface area contributed by atoms with Crippen molar-refractivity contribution in [1.29, 1.82) is 0 Å². The van der Waals surface area contributed by atoms with Crippen molar-refractivity contribution < 1.29 is 18.3 Å². The van der Waals surface area contributed by atoms with Crippen molar-refractivity contribution in [2.45, 2.75) is 12.5 Å². The van der Waals surface area contributed by atoms with Crippen molar-refractivity contribution in [3.8, 4) is 17.0 Å². The minimum absolute atomic E-state index is 0.0237. The summed E-state index contributed by atoms with van der Waals surface area (Å²) < 4.78 is 36.3. The third-order valence-electron chi connectivity index (χ3n) is 6.17. The maximum absolute atomic E-state index is 15.0. The van der Waals surface area contributed by atoms with Gasteiger partial charge in [-0.05, 0) is 30.7 Å². The Kier molecular flexibility index (Phi) is 5.81. The topological polar surface area (TPSA) is 98.3 Å². The van der Waals surface area contributed by atoms with Crippen molar-refractivity contribution >= 4 is 28.2 Å². The minimum atomic E-state index is -0.561. The molecule has 3 N–H and O–H groups in total. The van der Waals surface area contributed by atoms with Gasteiger partial charge in [0, 0.05) is 37.6 Å². The molecule has 1 aliphatic heterocycles. The molecular formula is C25H24F2N6O2. The van der Waals surface area contributed by atoms with E-state index in [0.29, 0.717) is 35.4 Å². The fraction of sp³-hybridized carbons (Fsp3) is 0.240. The molecule has 10 heteroatoms. The molecule has 5 rings (SSSR count). The maximum atomic E-state index is 15.0. The molecule has 1 fully saturated rings. The minimum Gasteiger partial charge on any atom is -0.496 e. The van der Waals surface area contributed by atoms with Gasteiger partial charge in [-0.2, -0.15) is 5.10 Å². The van der Waals surface area contributed by atoms with E-state index >= 15 is 4.39 Å². The van der Waals surface area contributed by atoms with Crippen LogP contribution < -0.4 is 20.7 Å². The summed E-state index contributed by atoms with van der Waals surface area (Å²) in [5.74, 6) is -1.30. The van der Waals surface area contributed by atoms with Gasteiger partial charge in [0.1, 0.15) is 22.8 Å². The number of aryl methyl sites for hydroxylation is 1. The number of fused-ring (bicyclic) bond motifs is 1.